The van der Waals surface area contributed by atoms with E-state index in [1.807, 2.05) is 97.2 Å². The van der Waals surface area contributed by atoms with Gasteiger partial charge in [0.25, 0.3) is 0 Å². The second-order valence-corrected chi connectivity index (χ2v) is 11.0. The number of carbonyl (C=O) groups excluding carboxylic acids is 2. The molecular weight excluding hydrogens is 508 g/mol. The van der Waals surface area contributed by atoms with Crippen molar-refractivity contribution in [1.29, 1.82) is 0 Å². The van der Waals surface area contributed by atoms with Crippen molar-refractivity contribution in [1.82, 2.24) is 0 Å². The molecule has 0 unspecified atom stereocenters. The number of fused-ring (bicyclic) bond motifs is 1. The average Bonchev–Trinajstić information content (AvgIpc) is 3.30. The zero-order valence-corrected chi connectivity index (χ0v) is 22.4. The van der Waals surface area contributed by atoms with Crippen LogP contribution in [0.25, 0.3) is 10.8 Å². The summed E-state index contributed by atoms with van der Waals surface area (Å²) < 4.78 is 5.60. The lowest BCUT2D eigenvalue weighted by molar-refractivity contribution is -0.122. The van der Waals surface area contributed by atoms with Crippen LogP contribution in [0.2, 0.25) is 0 Å². The van der Waals surface area contributed by atoms with Gasteiger partial charge in [0.2, 0.25) is 11.8 Å². The highest BCUT2D eigenvalue weighted by atomic mass is 16.5. The zero-order chi connectivity index (χ0) is 27.7. The van der Waals surface area contributed by atoms with Crippen molar-refractivity contribution < 1.29 is 14.3 Å². The van der Waals surface area contributed by atoms with Crippen LogP contribution in [0.4, 0.5) is 11.4 Å². The number of anilines is 1. The van der Waals surface area contributed by atoms with Gasteiger partial charge in [0, 0.05) is 17.5 Å². The molecule has 1 saturated heterocycles. The summed E-state index contributed by atoms with van der Waals surface area (Å²) in [6.45, 7) is 0. The Balaban J connectivity index is 1.40. The molecule has 2 amide bonds. The lowest BCUT2D eigenvalue weighted by atomic mass is 9.47. The molecule has 1 fully saturated rings. The molecular formula is C36H26N2O3. The van der Waals surface area contributed by atoms with Crippen LogP contribution in [0.15, 0.2) is 120 Å². The fourth-order valence-corrected chi connectivity index (χ4v) is 7.60. The molecule has 5 aromatic rings. The predicted molar refractivity (Wildman–Crippen MR) is 160 cm³/mol. The summed E-state index contributed by atoms with van der Waals surface area (Å²) in [4.78, 5) is 35.8. The zero-order valence-electron chi connectivity index (χ0n) is 22.4. The Morgan fingerprint density at radius 1 is 0.732 bits per heavy atom. The van der Waals surface area contributed by atoms with E-state index in [-0.39, 0.29) is 17.7 Å². The van der Waals surface area contributed by atoms with Gasteiger partial charge in [-0.05, 0) is 45.8 Å². The highest BCUT2D eigenvalue weighted by molar-refractivity contribution is 6.27. The number of rotatable bonds is 4. The Morgan fingerprint density at radius 3 is 2.12 bits per heavy atom. The third-order valence-corrected chi connectivity index (χ3v) is 9.18. The van der Waals surface area contributed by atoms with Crippen molar-refractivity contribution in [3.63, 3.8) is 0 Å². The molecule has 9 rings (SSSR count). The van der Waals surface area contributed by atoms with Gasteiger partial charge in [-0.1, -0.05) is 97.1 Å². The van der Waals surface area contributed by atoms with E-state index in [0.717, 1.165) is 33.0 Å². The molecule has 5 heteroatoms. The lowest BCUT2D eigenvalue weighted by Crippen LogP contribution is -2.54. The fourth-order valence-electron chi connectivity index (χ4n) is 7.60. The Morgan fingerprint density at radius 2 is 1.37 bits per heavy atom. The van der Waals surface area contributed by atoms with Crippen LogP contribution in [0.5, 0.6) is 5.75 Å². The Labute approximate surface area is 237 Å². The van der Waals surface area contributed by atoms with Gasteiger partial charge in [-0.15, -0.1) is 0 Å². The molecule has 5 nitrogen and oxygen atoms in total. The summed E-state index contributed by atoms with van der Waals surface area (Å²) in [5.74, 6) is -1.09. The first kappa shape index (κ1) is 23.8. The number of para-hydroxylation sites is 2. The van der Waals surface area contributed by atoms with Gasteiger partial charge in [-0.3, -0.25) is 14.6 Å². The van der Waals surface area contributed by atoms with Crippen molar-refractivity contribution in [3.05, 3.63) is 138 Å². The molecule has 3 aliphatic carbocycles. The minimum atomic E-state index is -0.931. The fraction of sp³-hybridized carbons (Fsp3) is 0.139. The van der Waals surface area contributed by atoms with E-state index in [1.54, 1.807) is 7.11 Å². The number of nitrogens with zero attached hydrogens (tertiary/aromatic N) is 2. The largest absolute Gasteiger partial charge is 0.494 e. The Kier molecular flexibility index (Phi) is 5.08. The van der Waals surface area contributed by atoms with Gasteiger partial charge in [-0.25, -0.2) is 4.90 Å². The van der Waals surface area contributed by atoms with Crippen LogP contribution in [0.1, 0.15) is 28.2 Å². The molecule has 1 aliphatic heterocycles. The van der Waals surface area contributed by atoms with E-state index in [4.69, 9.17) is 9.73 Å². The van der Waals surface area contributed by atoms with E-state index in [0.29, 0.717) is 17.1 Å². The smallest absolute Gasteiger partial charge is 0.239 e. The number of imide groups is 1. The maximum Gasteiger partial charge on any atom is 0.239 e. The van der Waals surface area contributed by atoms with Gasteiger partial charge in [0.15, 0.2) is 0 Å². The molecule has 0 aromatic heterocycles. The number of hydrogen-bond donors (Lipinski definition) is 0. The Hall–Kier alpha value is -5.03. The summed E-state index contributed by atoms with van der Waals surface area (Å²) in [6.07, 6.45) is 1.91. The number of amides is 2. The van der Waals surface area contributed by atoms with Crippen LogP contribution in [-0.4, -0.2) is 25.1 Å². The summed E-state index contributed by atoms with van der Waals surface area (Å²) in [7, 11) is 1.63. The van der Waals surface area contributed by atoms with Crippen LogP contribution in [0.3, 0.4) is 0 Å². The van der Waals surface area contributed by atoms with Gasteiger partial charge in [-0.2, -0.15) is 0 Å². The predicted octanol–water partition coefficient (Wildman–Crippen LogP) is 6.80. The normalized spacial score (nSPS) is 24.0. The molecule has 5 aromatic carbocycles. The third-order valence-electron chi connectivity index (χ3n) is 9.18. The number of benzene rings is 5. The van der Waals surface area contributed by atoms with Gasteiger partial charge in [0.1, 0.15) is 11.4 Å². The van der Waals surface area contributed by atoms with Crippen LogP contribution >= 0.6 is 0 Å². The van der Waals surface area contributed by atoms with Crippen molar-refractivity contribution in [2.24, 2.45) is 16.8 Å². The van der Waals surface area contributed by atoms with E-state index < -0.39 is 17.3 Å². The minimum absolute atomic E-state index is 0.152. The number of aliphatic imine (C=N–C) groups is 1. The van der Waals surface area contributed by atoms with Gasteiger partial charge >= 0.3 is 0 Å². The number of methoxy groups -OCH3 is 1. The second kappa shape index (κ2) is 8.73. The standard InChI is InChI=1S/C36H26N2O3/c1-41-30-20-9-8-18-28(30)37-21-36-26-16-6-4-14-24(26)31(25-15-5-7-17-27(25)36)32-33(36)35(40)38(34(32)39)29-19-10-12-22-11-2-3-13-23(22)29/h2-21,31-33H,1H3/t31?,32-,33-,36?/m0/s1. The summed E-state index contributed by atoms with van der Waals surface area (Å²) in [5.41, 5.74) is 4.61. The molecule has 1 heterocycles. The molecule has 198 valence electrons. The van der Waals surface area contributed by atoms with Crippen LogP contribution in [0, 0.1) is 11.8 Å². The third kappa shape index (κ3) is 3.09. The van der Waals surface area contributed by atoms with Crippen molar-refractivity contribution in [3.8, 4) is 5.75 Å². The summed E-state index contributed by atoms with van der Waals surface area (Å²) >= 11 is 0. The Bertz CT molecular complexity index is 1870. The monoisotopic (exact) mass is 534 g/mol. The highest BCUT2D eigenvalue weighted by Gasteiger charge is 2.68. The topological polar surface area (TPSA) is 59.0 Å². The number of hydrogen-bond acceptors (Lipinski definition) is 4. The van der Waals surface area contributed by atoms with Gasteiger partial charge in [0.05, 0.1) is 30.0 Å². The summed E-state index contributed by atoms with van der Waals surface area (Å²) in [6, 6.07) is 37.8. The molecule has 0 radical (unpaired) electrons. The van der Waals surface area contributed by atoms with E-state index in [9.17, 15) is 9.59 Å². The molecule has 0 spiro atoms. The van der Waals surface area contributed by atoms with Crippen LogP contribution in [-0.2, 0) is 15.0 Å². The van der Waals surface area contributed by atoms with E-state index >= 15 is 0 Å². The maximum absolute atomic E-state index is 14.8. The van der Waals surface area contributed by atoms with Crippen molar-refractivity contribution in [2.45, 2.75) is 11.3 Å². The van der Waals surface area contributed by atoms with E-state index in [1.165, 1.54) is 4.90 Å². The second-order valence-electron chi connectivity index (χ2n) is 11.0. The maximum atomic E-state index is 14.8. The first-order chi connectivity index (χ1) is 20.1. The van der Waals surface area contributed by atoms with E-state index in [2.05, 4.69) is 24.3 Å². The van der Waals surface area contributed by atoms with Crippen LogP contribution < -0.4 is 9.64 Å². The molecule has 2 bridgehead atoms. The SMILES string of the molecule is COc1ccccc1N=CC12c3ccccc3C(c3ccccc31)[C@@H]1C(=O)N(c3cccc4ccccc34)C(=O)[C@H]12. The molecule has 41 heavy (non-hydrogen) atoms. The minimum Gasteiger partial charge on any atom is -0.494 e. The average molecular weight is 535 g/mol. The molecule has 2 atom stereocenters. The van der Waals surface area contributed by atoms with Crippen molar-refractivity contribution in [2.75, 3.05) is 12.0 Å². The number of carbonyl (C=O) groups is 2. The number of ether oxygens (including phenoxy) is 1. The first-order valence-corrected chi connectivity index (χ1v) is 13.9. The first-order valence-electron chi connectivity index (χ1n) is 13.9. The summed E-state index contributed by atoms with van der Waals surface area (Å²) in [5, 5.41) is 1.87. The van der Waals surface area contributed by atoms with Gasteiger partial charge < -0.3 is 4.74 Å². The highest BCUT2D eigenvalue weighted by Crippen LogP contribution is 2.64. The molecule has 4 aliphatic rings. The molecule has 0 N–H and O–H groups in total. The quantitative estimate of drug-likeness (QED) is 0.188. The lowest BCUT2D eigenvalue weighted by Gasteiger charge is -2.52. The molecule has 0 saturated carbocycles. The van der Waals surface area contributed by atoms with Crippen molar-refractivity contribution >= 4 is 40.2 Å².